The van der Waals surface area contributed by atoms with Crippen LogP contribution < -0.4 is 10.6 Å². The van der Waals surface area contributed by atoms with E-state index in [2.05, 4.69) is 10.6 Å². The molecule has 5 heteroatoms. The van der Waals surface area contributed by atoms with Crippen LogP contribution in [-0.2, 0) is 16.0 Å². The first-order chi connectivity index (χ1) is 9.76. The van der Waals surface area contributed by atoms with Crippen molar-refractivity contribution in [2.45, 2.75) is 45.8 Å². The van der Waals surface area contributed by atoms with Crippen molar-refractivity contribution in [3.05, 3.63) is 35.9 Å². The summed E-state index contributed by atoms with van der Waals surface area (Å²) in [4.78, 5) is 23.3. The highest BCUT2D eigenvalue weighted by Crippen LogP contribution is 2.06. The van der Waals surface area contributed by atoms with Crippen LogP contribution in [0.25, 0.3) is 0 Å². The lowest BCUT2D eigenvalue weighted by Crippen LogP contribution is -2.44. The minimum atomic E-state index is -0.527. The lowest BCUT2D eigenvalue weighted by Gasteiger charge is -2.22. The fraction of sp³-hybridized carbons (Fsp3) is 0.500. The SMILES string of the molecule is CC(CNC(=O)Cc1ccccc1)NC(=O)OC(C)(C)C. The molecular weight excluding hydrogens is 268 g/mol. The molecule has 0 bridgehead atoms. The molecule has 0 radical (unpaired) electrons. The fourth-order valence-electron chi connectivity index (χ4n) is 1.67. The van der Waals surface area contributed by atoms with Crippen LogP contribution in [0.15, 0.2) is 30.3 Å². The number of ether oxygens (including phenoxy) is 1. The summed E-state index contributed by atoms with van der Waals surface area (Å²) in [6, 6.07) is 9.32. The van der Waals surface area contributed by atoms with Crippen LogP contribution >= 0.6 is 0 Å². The minimum Gasteiger partial charge on any atom is -0.444 e. The van der Waals surface area contributed by atoms with Crippen molar-refractivity contribution in [1.29, 1.82) is 0 Å². The van der Waals surface area contributed by atoms with Crippen molar-refractivity contribution in [2.24, 2.45) is 0 Å². The van der Waals surface area contributed by atoms with Gasteiger partial charge in [0.15, 0.2) is 0 Å². The largest absolute Gasteiger partial charge is 0.444 e. The van der Waals surface area contributed by atoms with Crippen LogP contribution in [0, 0.1) is 0 Å². The number of hydrogen-bond donors (Lipinski definition) is 2. The molecule has 2 N–H and O–H groups in total. The monoisotopic (exact) mass is 292 g/mol. The second-order valence-corrected chi connectivity index (χ2v) is 6.01. The summed E-state index contributed by atoms with van der Waals surface area (Å²) in [7, 11) is 0. The van der Waals surface area contributed by atoms with Crippen molar-refractivity contribution >= 4 is 12.0 Å². The maximum atomic E-state index is 11.8. The summed E-state index contributed by atoms with van der Waals surface area (Å²) in [6.45, 7) is 7.59. The van der Waals surface area contributed by atoms with Gasteiger partial charge in [-0.05, 0) is 33.3 Å². The normalized spacial score (nSPS) is 12.4. The molecule has 0 heterocycles. The molecule has 1 aromatic rings. The van der Waals surface area contributed by atoms with E-state index >= 15 is 0 Å². The first-order valence-corrected chi connectivity index (χ1v) is 7.06. The predicted molar refractivity (Wildman–Crippen MR) is 82.0 cm³/mol. The molecule has 1 unspecified atom stereocenters. The van der Waals surface area contributed by atoms with Crippen molar-refractivity contribution < 1.29 is 14.3 Å². The van der Waals surface area contributed by atoms with E-state index in [1.165, 1.54) is 0 Å². The van der Waals surface area contributed by atoms with Crippen molar-refractivity contribution in [3.63, 3.8) is 0 Å². The van der Waals surface area contributed by atoms with Gasteiger partial charge in [-0.25, -0.2) is 4.79 Å². The third-order valence-corrected chi connectivity index (χ3v) is 2.58. The molecule has 1 aromatic carbocycles. The predicted octanol–water partition coefficient (Wildman–Crippen LogP) is 2.26. The van der Waals surface area contributed by atoms with Gasteiger partial charge in [-0.2, -0.15) is 0 Å². The molecule has 1 atom stereocenters. The molecule has 0 saturated carbocycles. The molecule has 0 aliphatic rings. The third kappa shape index (κ3) is 7.97. The Morgan fingerprint density at radius 1 is 1.19 bits per heavy atom. The standard InChI is InChI=1S/C16H24N2O3/c1-12(18-15(20)21-16(2,3)4)11-17-14(19)10-13-8-6-5-7-9-13/h5-9,12H,10-11H2,1-4H3,(H,17,19)(H,18,20). The Kier molecular flexibility index (Phi) is 6.21. The van der Waals surface area contributed by atoms with Gasteiger partial charge in [0.25, 0.3) is 0 Å². The number of hydrogen-bond acceptors (Lipinski definition) is 3. The molecule has 21 heavy (non-hydrogen) atoms. The van der Waals surface area contributed by atoms with Gasteiger partial charge in [-0.3, -0.25) is 4.79 Å². The van der Waals surface area contributed by atoms with E-state index in [4.69, 9.17) is 4.74 Å². The highest BCUT2D eigenvalue weighted by Gasteiger charge is 2.17. The van der Waals surface area contributed by atoms with Gasteiger partial charge in [0.1, 0.15) is 5.60 Å². The summed E-state index contributed by atoms with van der Waals surface area (Å²) >= 11 is 0. The second-order valence-electron chi connectivity index (χ2n) is 6.01. The number of amides is 2. The van der Waals surface area contributed by atoms with E-state index in [1.807, 2.05) is 37.3 Å². The highest BCUT2D eigenvalue weighted by atomic mass is 16.6. The quantitative estimate of drug-likeness (QED) is 0.874. The smallest absolute Gasteiger partial charge is 0.407 e. The Morgan fingerprint density at radius 2 is 1.81 bits per heavy atom. The van der Waals surface area contributed by atoms with Gasteiger partial charge < -0.3 is 15.4 Å². The van der Waals surface area contributed by atoms with Crippen LogP contribution in [0.3, 0.4) is 0 Å². The van der Waals surface area contributed by atoms with Crippen LogP contribution in [0.2, 0.25) is 0 Å². The molecule has 1 rings (SSSR count). The highest BCUT2D eigenvalue weighted by molar-refractivity contribution is 5.78. The van der Waals surface area contributed by atoms with Gasteiger partial charge in [0.2, 0.25) is 5.91 Å². The molecule has 0 aliphatic heterocycles. The zero-order chi connectivity index (χ0) is 15.9. The summed E-state index contributed by atoms with van der Waals surface area (Å²) in [5, 5.41) is 5.47. The number of benzene rings is 1. The third-order valence-electron chi connectivity index (χ3n) is 2.58. The average Bonchev–Trinajstić information content (AvgIpc) is 2.35. The maximum Gasteiger partial charge on any atom is 0.407 e. The Bertz CT molecular complexity index is 466. The van der Waals surface area contributed by atoms with E-state index < -0.39 is 11.7 Å². The molecule has 116 valence electrons. The van der Waals surface area contributed by atoms with Gasteiger partial charge in [-0.1, -0.05) is 30.3 Å². The Morgan fingerprint density at radius 3 is 2.38 bits per heavy atom. The number of nitrogens with one attached hydrogen (secondary N) is 2. The number of carbonyl (C=O) groups is 2. The van der Waals surface area contributed by atoms with Crippen LogP contribution in [-0.4, -0.2) is 30.2 Å². The minimum absolute atomic E-state index is 0.0703. The summed E-state index contributed by atoms with van der Waals surface area (Å²) in [6.07, 6.45) is -0.146. The summed E-state index contributed by atoms with van der Waals surface area (Å²) < 4.78 is 5.15. The average molecular weight is 292 g/mol. The zero-order valence-corrected chi connectivity index (χ0v) is 13.1. The van der Waals surface area contributed by atoms with Crippen LogP contribution in [0.1, 0.15) is 33.3 Å². The Labute approximate surface area is 126 Å². The van der Waals surface area contributed by atoms with E-state index in [0.29, 0.717) is 13.0 Å². The lowest BCUT2D eigenvalue weighted by atomic mass is 10.1. The fourth-order valence-corrected chi connectivity index (χ4v) is 1.67. The molecule has 5 nitrogen and oxygen atoms in total. The Hall–Kier alpha value is -2.04. The number of alkyl carbamates (subject to hydrolysis) is 1. The first kappa shape index (κ1) is 17.0. The van der Waals surface area contributed by atoms with E-state index in [1.54, 1.807) is 20.8 Å². The van der Waals surface area contributed by atoms with Gasteiger partial charge in [-0.15, -0.1) is 0 Å². The second kappa shape index (κ2) is 7.67. The molecular formula is C16H24N2O3. The zero-order valence-electron chi connectivity index (χ0n) is 13.1. The summed E-state index contributed by atoms with van der Waals surface area (Å²) in [5.41, 5.74) is 0.433. The van der Waals surface area contributed by atoms with Crippen LogP contribution in [0.5, 0.6) is 0 Å². The topological polar surface area (TPSA) is 67.4 Å². The number of rotatable bonds is 5. The number of carbonyl (C=O) groups excluding carboxylic acids is 2. The van der Waals surface area contributed by atoms with Gasteiger partial charge in [0, 0.05) is 12.6 Å². The molecule has 0 aromatic heterocycles. The lowest BCUT2D eigenvalue weighted by molar-refractivity contribution is -0.120. The van der Waals surface area contributed by atoms with Crippen LogP contribution in [0.4, 0.5) is 4.79 Å². The molecule has 2 amide bonds. The molecule has 0 aliphatic carbocycles. The van der Waals surface area contributed by atoms with Crippen molar-refractivity contribution in [2.75, 3.05) is 6.54 Å². The van der Waals surface area contributed by atoms with Gasteiger partial charge in [0.05, 0.1) is 6.42 Å². The van der Waals surface area contributed by atoms with E-state index in [9.17, 15) is 9.59 Å². The molecule has 0 saturated heterocycles. The molecule has 0 fully saturated rings. The maximum absolute atomic E-state index is 11.8. The molecule has 0 spiro atoms. The van der Waals surface area contributed by atoms with Crippen molar-refractivity contribution in [3.8, 4) is 0 Å². The van der Waals surface area contributed by atoms with E-state index in [-0.39, 0.29) is 11.9 Å². The van der Waals surface area contributed by atoms with Crippen molar-refractivity contribution in [1.82, 2.24) is 10.6 Å². The summed E-state index contributed by atoms with van der Waals surface area (Å²) in [5.74, 6) is -0.0703. The van der Waals surface area contributed by atoms with E-state index in [0.717, 1.165) is 5.56 Å². The Balaban J connectivity index is 2.28. The van der Waals surface area contributed by atoms with Gasteiger partial charge >= 0.3 is 6.09 Å². The first-order valence-electron chi connectivity index (χ1n) is 7.06.